The fourth-order valence-corrected chi connectivity index (χ4v) is 1.34. The fraction of sp³-hybridized carbons (Fsp3) is 0.286. The number of ether oxygens (including phenoxy) is 1. The largest absolute Gasteiger partial charge is 0.469 e. The molecule has 0 bridgehead atoms. The molecule has 4 heteroatoms. The van der Waals surface area contributed by atoms with E-state index in [1.54, 1.807) is 6.08 Å². The molecule has 18 heavy (non-hydrogen) atoms. The third-order valence-electron chi connectivity index (χ3n) is 2.31. The van der Waals surface area contributed by atoms with Crippen LogP contribution in [0, 0.1) is 0 Å². The van der Waals surface area contributed by atoms with Gasteiger partial charge in [0.2, 0.25) is 5.91 Å². The lowest BCUT2D eigenvalue weighted by atomic mass is 10.2. The molecule has 1 N–H and O–H groups in total. The van der Waals surface area contributed by atoms with E-state index in [0.29, 0.717) is 19.4 Å². The molecule has 0 saturated heterocycles. The first-order valence-corrected chi connectivity index (χ1v) is 5.80. The van der Waals surface area contributed by atoms with Crippen molar-refractivity contribution < 1.29 is 14.3 Å². The van der Waals surface area contributed by atoms with Gasteiger partial charge in [-0.2, -0.15) is 0 Å². The van der Waals surface area contributed by atoms with Gasteiger partial charge in [0.05, 0.1) is 7.11 Å². The van der Waals surface area contributed by atoms with Gasteiger partial charge in [-0.05, 0) is 18.1 Å². The van der Waals surface area contributed by atoms with Gasteiger partial charge in [-0.3, -0.25) is 9.59 Å². The molecule has 0 aromatic heterocycles. The molecule has 0 aliphatic rings. The van der Waals surface area contributed by atoms with Crippen LogP contribution in [0.25, 0.3) is 6.08 Å². The highest BCUT2D eigenvalue weighted by molar-refractivity contribution is 5.91. The summed E-state index contributed by atoms with van der Waals surface area (Å²) in [5, 5.41) is 2.70. The van der Waals surface area contributed by atoms with Crippen molar-refractivity contribution in [1.82, 2.24) is 5.32 Å². The van der Waals surface area contributed by atoms with Crippen LogP contribution in [0.15, 0.2) is 36.4 Å². The van der Waals surface area contributed by atoms with E-state index in [4.69, 9.17) is 0 Å². The second-order valence-corrected chi connectivity index (χ2v) is 3.71. The minimum Gasteiger partial charge on any atom is -0.469 e. The smallest absolute Gasteiger partial charge is 0.305 e. The van der Waals surface area contributed by atoms with Crippen LogP contribution < -0.4 is 5.32 Å². The second-order valence-electron chi connectivity index (χ2n) is 3.71. The molecule has 1 amide bonds. The van der Waals surface area contributed by atoms with Gasteiger partial charge in [0.15, 0.2) is 0 Å². The third-order valence-corrected chi connectivity index (χ3v) is 2.31. The van der Waals surface area contributed by atoms with Crippen LogP contribution in [0.2, 0.25) is 0 Å². The predicted octanol–water partition coefficient (Wildman–Crippen LogP) is 1.77. The van der Waals surface area contributed by atoms with E-state index >= 15 is 0 Å². The minimum atomic E-state index is -0.260. The average molecular weight is 247 g/mol. The lowest BCUT2D eigenvalue weighted by Gasteiger charge is -2.01. The number of benzene rings is 1. The lowest BCUT2D eigenvalue weighted by Crippen LogP contribution is -2.22. The molecule has 0 saturated carbocycles. The maximum Gasteiger partial charge on any atom is 0.305 e. The van der Waals surface area contributed by atoms with Crippen molar-refractivity contribution in [3.05, 3.63) is 42.0 Å². The van der Waals surface area contributed by atoms with E-state index in [-0.39, 0.29) is 11.9 Å². The molecule has 0 aliphatic heterocycles. The highest BCUT2D eigenvalue weighted by Crippen LogP contribution is 2.00. The molecule has 1 aromatic carbocycles. The van der Waals surface area contributed by atoms with E-state index in [9.17, 15) is 9.59 Å². The van der Waals surface area contributed by atoms with Gasteiger partial charge in [-0.15, -0.1) is 0 Å². The molecule has 0 radical (unpaired) electrons. The molecule has 0 heterocycles. The Bertz CT molecular complexity index is 412. The Morgan fingerprint density at radius 2 is 2.00 bits per heavy atom. The third kappa shape index (κ3) is 5.84. The number of amides is 1. The number of nitrogens with one attached hydrogen (secondary N) is 1. The number of carbonyl (C=O) groups is 2. The molecule has 1 rings (SSSR count). The molecule has 0 fully saturated rings. The lowest BCUT2D eigenvalue weighted by molar-refractivity contribution is -0.140. The summed E-state index contributed by atoms with van der Waals surface area (Å²) in [5.41, 5.74) is 0.974. The van der Waals surface area contributed by atoms with Gasteiger partial charge in [-0.25, -0.2) is 0 Å². The maximum atomic E-state index is 11.4. The van der Waals surface area contributed by atoms with E-state index < -0.39 is 0 Å². The standard InChI is InChI=1S/C14H17NO3/c1-18-14(17)8-5-11-15-13(16)10-9-12-6-3-2-4-7-12/h2-4,6-7,9-10H,5,8,11H2,1H3,(H,15,16)/b10-9+. The predicted molar refractivity (Wildman–Crippen MR) is 69.7 cm³/mol. The van der Waals surface area contributed by atoms with Crippen molar-refractivity contribution in [2.24, 2.45) is 0 Å². The van der Waals surface area contributed by atoms with Crippen molar-refractivity contribution in [1.29, 1.82) is 0 Å². The highest BCUT2D eigenvalue weighted by Gasteiger charge is 2.00. The number of methoxy groups -OCH3 is 1. The van der Waals surface area contributed by atoms with Crippen LogP contribution in [0.3, 0.4) is 0 Å². The zero-order valence-corrected chi connectivity index (χ0v) is 10.4. The minimum absolute atomic E-state index is 0.163. The number of hydrogen-bond donors (Lipinski definition) is 1. The summed E-state index contributed by atoms with van der Waals surface area (Å²) < 4.78 is 4.50. The molecule has 0 aliphatic carbocycles. The van der Waals surface area contributed by atoms with Crippen molar-refractivity contribution in [3.63, 3.8) is 0 Å². The first-order valence-electron chi connectivity index (χ1n) is 5.80. The summed E-state index contributed by atoms with van der Waals surface area (Å²) in [6.45, 7) is 0.465. The Morgan fingerprint density at radius 3 is 2.67 bits per heavy atom. The Kier molecular flexibility index (Phi) is 6.25. The second kappa shape index (κ2) is 8.06. The molecule has 96 valence electrons. The van der Waals surface area contributed by atoms with E-state index in [1.807, 2.05) is 30.3 Å². The van der Waals surface area contributed by atoms with Crippen LogP contribution in [-0.2, 0) is 14.3 Å². The Labute approximate surface area is 107 Å². The zero-order valence-electron chi connectivity index (χ0n) is 10.4. The van der Waals surface area contributed by atoms with Crippen LogP contribution in [-0.4, -0.2) is 25.5 Å². The summed E-state index contributed by atoms with van der Waals surface area (Å²) in [5.74, 6) is -0.423. The summed E-state index contributed by atoms with van der Waals surface area (Å²) in [6.07, 6.45) is 4.12. The van der Waals surface area contributed by atoms with Crippen LogP contribution in [0.1, 0.15) is 18.4 Å². The maximum absolute atomic E-state index is 11.4. The fourth-order valence-electron chi connectivity index (χ4n) is 1.34. The van der Waals surface area contributed by atoms with Crippen LogP contribution >= 0.6 is 0 Å². The van der Waals surface area contributed by atoms with E-state index in [1.165, 1.54) is 13.2 Å². The van der Waals surface area contributed by atoms with E-state index in [2.05, 4.69) is 10.1 Å². The van der Waals surface area contributed by atoms with Gasteiger partial charge < -0.3 is 10.1 Å². The van der Waals surface area contributed by atoms with E-state index in [0.717, 1.165) is 5.56 Å². The number of rotatable bonds is 6. The highest BCUT2D eigenvalue weighted by atomic mass is 16.5. The van der Waals surface area contributed by atoms with Gasteiger partial charge in [0, 0.05) is 19.0 Å². The summed E-state index contributed by atoms with van der Waals surface area (Å²) >= 11 is 0. The average Bonchev–Trinajstić information content (AvgIpc) is 2.42. The number of esters is 1. The van der Waals surface area contributed by atoms with Gasteiger partial charge in [0.1, 0.15) is 0 Å². The summed E-state index contributed by atoms with van der Waals surface area (Å²) in [4.78, 5) is 22.2. The Balaban J connectivity index is 2.22. The molecule has 0 atom stereocenters. The normalized spacial score (nSPS) is 10.3. The molecule has 0 spiro atoms. The summed E-state index contributed by atoms with van der Waals surface area (Å²) in [7, 11) is 1.35. The Morgan fingerprint density at radius 1 is 1.28 bits per heavy atom. The summed E-state index contributed by atoms with van der Waals surface area (Å²) in [6, 6.07) is 9.58. The molecule has 0 unspecified atom stereocenters. The number of hydrogen-bond acceptors (Lipinski definition) is 3. The monoisotopic (exact) mass is 247 g/mol. The van der Waals surface area contributed by atoms with Crippen molar-refractivity contribution in [2.75, 3.05) is 13.7 Å². The Hall–Kier alpha value is -2.10. The molecule has 4 nitrogen and oxygen atoms in total. The van der Waals surface area contributed by atoms with Crippen LogP contribution in [0.5, 0.6) is 0 Å². The SMILES string of the molecule is COC(=O)CCCNC(=O)/C=C/c1ccccc1. The molecular weight excluding hydrogens is 230 g/mol. The first-order chi connectivity index (χ1) is 8.72. The van der Waals surface area contributed by atoms with Crippen molar-refractivity contribution in [3.8, 4) is 0 Å². The molecule has 1 aromatic rings. The van der Waals surface area contributed by atoms with Gasteiger partial charge in [0.25, 0.3) is 0 Å². The first kappa shape index (κ1) is 14.0. The number of carbonyl (C=O) groups excluding carboxylic acids is 2. The quantitative estimate of drug-likeness (QED) is 0.473. The van der Waals surface area contributed by atoms with Gasteiger partial charge in [-0.1, -0.05) is 30.3 Å². The van der Waals surface area contributed by atoms with Crippen molar-refractivity contribution >= 4 is 18.0 Å². The molecular formula is C14H17NO3. The topological polar surface area (TPSA) is 55.4 Å². The van der Waals surface area contributed by atoms with Gasteiger partial charge >= 0.3 is 5.97 Å². The van der Waals surface area contributed by atoms with Crippen LogP contribution in [0.4, 0.5) is 0 Å². The zero-order chi connectivity index (χ0) is 13.2. The van der Waals surface area contributed by atoms with Crippen molar-refractivity contribution in [2.45, 2.75) is 12.8 Å².